The molecule has 258 valence electrons. The van der Waals surface area contributed by atoms with Crippen LogP contribution in [0.4, 0.5) is 0 Å². The first-order valence-electron chi connectivity index (χ1n) is 20.1. The molecule has 0 aliphatic carbocycles. The van der Waals surface area contributed by atoms with Crippen LogP contribution in [0, 0.1) is 0 Å². The van der Waals surface area contributed by atoms with Crippen LogP contribution < -0.4 is 0 Å². The fourth-order valence-electron chi connectivity index (χ4n) is 7.54. The van der Waals surface area contributed by atoms with Crippen LogP contribution in [0.25, 0.3) is 33.4 Å². The fraction of sp³-hybridized carbons (Fsp3) is 0.500. The molecule has 0 unspecified atom stereocenters. The summed E-state index contributed by atoms with van der Waals surface area (Å²) in [5, 5.41) is 0. The van der Waals surface area contributed by atoms with Crippen LogP contribution in [0.2, 0.25) is 0 Å². The molecule has 0 aliphatic heterocycles. The molecule has 0 radical (unpaired) electrons. The second kappa shape index (κ2) is 20.4. The van der Waals surface area contributed by atoms with E-state index < -0.39 is 0 Å². The van der Waals surface area contributed by atoms with Crippen LogP contribution in [0.15, 0.2) is 72.8 Å². The summed E-state index contributed by atoms with van der Waals surface area (Å²) in [5.74, 6) is 0. The number of unbranched alkanes of at least 4 members (excludes halogenated alkanes) is 6. The Morgan fingerprint density at radius 1 is 0.333 bits per heavy atom. The molecule has 0 saturated carbocycles. The molecule has 0 heterocycles. The molecule has 0 heteroatoms. The Hall–Kier alpha value is -3.12. The first-order valence-corrected chi connectivity index (χ1v) is 20.1. The van der Waals surface area contributed by atoms with E-state index in [0.29, 0.717) is 0 Å². The van der Waals surface area contributed by atoms with Crippen LogP contribution in [0.5, 0.6) is 0 Å². The van der Waals surface area contributed by atoms with Gasteiger partial charge in [-0.15, -0.1) is 0 Å². The number of hydrogen-bond donors (Lipinski definition) is 0. The van der Waals surface area contributed by atoms with Gasteiger partial charge in [-0.05, 0) is 144 Å². The summed E-state index contributed by atoms with van der Waals surface area (Å²) in [6, 6.07) is 29.0. The van der Waals surface area contributed by atoms with E-state index in [0.717, 1.165) is 25.7 Å². The molecule has 0 aliphatic rings. The van der Waals surface area contributed by atoms with E-state index >= 15 is 0 Å². The summed E-state index contributed by atoms with van der Waals surface area (Å²) in [6.45, 7) is 14.0. The minimum absolute atomic E-state index is 1.15. The molecule has 0 saturated heterocycles. The lowest BCUT2D eigenvalue weighted by atomic mass is 9.78. The predicted octanol–water partition coefficient (Wildman–Crippen LogP) is 14.7. The second-order valence-corrected chi connectivity index (χ2v) is 14.3. The van der Waals surface area contributed by atoms with Gasteiger partial charge in [0.05, 0.1) is 0 Å². The average molecular weight is 643 g/mol. The van der Waals surface area contributed by atoms with E-state index in [1.165, 1.54) is 112 Å². The molecule has 0 bridgehead atoms. The molecular weight excluding hydrogens is 577 g/mol. The average Bonchev–Trinajstić information content (AvgIpc) is 3.12. The van der Waals surface area contributed by atoms with Crippen LogP contribution in [-0.4, -0.2) is 0 Å². The summed E-state index contributed by atoms with van der Waals surface area (Å²) in [5.41, 5.74) is 18.2. The Bertz CT molecular complexity index is 1460. The number of aryl methyl sites for hydroxylation is 6. The Morgan fingerprint density at radius 3 is 1.12 bits per heavy atom. The van der Waals surface area contributed by atoms with Crippen molar-refractivity contribution in [3.05, 3.63) is 106 Å². The number of hydrogen-bond acceptors (Lipinski definition) is 0. The summed E-state index contributed by atoms with van der Waals surface area (Å²) < 4.78 is 0. The second-order valence-electron chi connectivity index (χ2n) is 14.3. The smallest absolute Gasteiger partial charge is 0.00211 e. The van der Waals surface area contributed by atoms with E-state index in [2.05, 4.69) is 114 Å². The maximum atomic E-state index is 2.62. The van der Waals surface area contributed by atoms with Crippen LogP contribution in [0.1, 0.15) is 152 Å². The van der Waals surface area contributed by atoms with Gasteiger partial charge in [0.15, 0.2) is 0 Å². The quantitative estimate of drug-likeness (QED) is 0.0848. The number of rotatable bonds is 21. The normalized spacial score (nSPS) is 11.4. The van der Waals surface area contributed by atoms with Gasteiger partial charge < -0.3 is 0 Å². The van der Waals surface area contributed by atoms with Gasteiger partial charge in [0.1, 0.15) is 0 Å². The monoisotopic (exact) mass is 643 g/mol. The molecule has 0 spiro atoms. The van der Waals surface area contributed by atoms with Crippen LogP contribution in [0.3, 0.4) is 0 Å². The van der Waals surface area contributed by atoms with E-state index in [1.807, 2.05) is 0 Å². The van der Waals surface area contributed by atoms with Gasteiger partial charge in [-0.3, -0.25) is 0 Å². The van der Waals surface area contributed by atoms with Crippen LogP contribution in [-0.2, 0) is 38.5 Å². The van der Waals surface area contributed by atoms with Crippen molar-refractivity contribution in [2.75, 3.05) is 0 Å². The molecule has 4 aromatic carbocycles. The zero-order valence-electron chi connectivity index (χ0n) is 31.7. The summed E-state index contributed by atoms with van der Waals surface area (Å²) in [4.78, 5) is 0. The minimum Gasteiger partial charge on any atom is -0.0654 e. The third-order valence-corrected chi connectivity index (χ3v) is 10.2. The van der Waals surface area contributed by atoms with Gasteiger partial charge in [-0.2, -0.15) is 0 Å². The molecule has 0 aromatic heterocycles. The molecule has 48 heavy (non-hydrogen) atoms. The summed E-state index contributed by atoms with van der Waals surface area (Å²) >= 11 is 0. The van der Waals surface area contributed by atoms with Crippen molar-refractivity contribution in [3.63, 3.8) is 0 Å². The highest BCUT2D eigenvalue weighted by Gasteiger charge is 2.24. The number of benzene rings is 4. The van der Waals surface area contributed by atoms with Crippen molar-refractivity contribution in [1.29, 1.82) is 0 Å². The van der Waals surface area contributed by atoms with Gasteiger partial charge in [0, 0.05) is 0 Å². The zero-order valence-corrected chi connectivity index (χ0v) is 31.7. The van der Waals surface area contributed by atoms with Gasteiger partial charge in [0.25, 0.3) is 0 Å². The van der Waals surface area contributed by atoms with Crippen molar-refractivity contribution in [1.82, 2.24) is 0 Å². The van der Waals surface area contributed by atoms with Gasteiger partial charge in [-0.1, -0.05) is 153 Å². The molecule has 4 rings (SSSR count). The molecule has 0 fully saturated rings. The highest BCUT2D eigenvalue weighted by atomic mass is 14.3. The van der Waals surface area contributed by atoms with Crippen molar-refractivity contribution in [2.45, 2.75) is 157 Å². The first kappa shape index (κ1) is 37.7. The maximum absolute atomic E-state index is 2.62. The van der Waals surface area contributed by atoms with Gasteiger partial charge in [0.2, 0.25) is 0 Å². The summed E-state index contributed by atoms with van der Waals surface area (Å²) in [6.07, 6.45) is 21.8. The lowest BCUT2D eigenvalue weighted by Gasteiger charge is -2.26. The highest BCUT2D eigenvalue weighted by Crippen LogP contribution is 2.46. The third-order valence-electron chi connectivity index (χ3n) is 10.2. The van der Waals surface area contributed by atoms with Gasteiger partial charge >= 0.3 is 0 Å². The van der Waals surface area contributed by atoms with Crippen molar-refractivity contribution in [3.8, 4) is 33.4 Å². The summed E-state index contributed by atoms with van der Waals surface area (Å²) in [7, 11) is 0. The van der Waals surface area contributed by atoms with E-state index in [1.54, 1.807) is 44.5 Å². The van der Waals surface area contributed by atoms with Gasteiger partial charge in [-0.25, -0.2) is 0 Å². The Morgan fingerprint density at radius 2 is 0.708 bits per heavy atom. The maximum Gasteiger partial charge on any atom is -0.00211 e. The first-order chi connectivity index (χ1) is 23.6. The van der Waals surface area contributed by atoms with Crippen molar-refractivity contribution in [2.24, 2.45) is 0 Å². The minimum atomic E-state index is 1.15. The molecule has 4 aromatic rings. The lowest BCUT2D eigenvalue weighted by Crippen LogP contribution is -2.06. The third kappa shape index (κ3) is 9.96. The largest absolute Gasteiger partial charge is 0.0654 e. The van der Waals surface area contributed by atoms with Crippen molar-refractivity contribution >= 4 is 0 Å². The topological polar surface area (TPSA) is 0 Å². The lowest BCUT2D eigenvalue weighted by molar-refractivity contribution is 0.767. The molecular formula is C48H66. The molecule has 0 N–H and O–H groups in total. The Kier molecular flexibility index (Phi) is 16.0. The van der Waals surface area contributed by atoms with E-state index in [4.69, 9.17) is 0 Å². The SMILES string of the molecule is CCCCc1cc(CCCC)c(-c2cccc(-c3ccccc3)c2-c2c(CCCC)cc(CCCC)cc2CCCC)c(CCCC)c1. The zero-order chi connectivity index (χ0) is 34.1. The Balaban J connectivity index is 2.15. The molecule has 0 atom stereocenters. The standard InChI is InChI=1S/C48H66/c1-7-13-23-37-33-40(25-15-9-3)46(41(34-37)26-16-10-4)45-32-22-31-44(39-29-20-19-21-30-39)48(45)47-42(27-17-11-5)35-38(24-14-8-2)36-43(47)28-18-12-6/h19-22,29-36H,7-18,23-28H2,1-6H3. The predicted molar refractivity (Wildman–Crippen MR) is 214 cm³/mol. The Labute approximate surface area is 295 Å². The highest BCUT2D eigenvalue weighted by molar-refractivity contribution is 5.98. The fourth-order valence-corrected chi connectivity index (χ4v) is 7.54. The van der Waals surface area contributed by atoms with E-state index in [9.17, 15) is 0 Å². The van der Waals surface area contributed by atoms with Crippen molar-refractivity contribution < 1.29 is 0 Å². The van der Waals surface area contributed by atoms with Crippen LogP contribution >= 0.6 is 0 Å². The molecule has 0 nitrogen and oxygen atoms in total. The van der Waals surface area contributed by atoms with E-state index in [-0.39, 0.29) is 0 Å². The molecule has 0 amide bonds.